The van der Waals surface area contributed by atoms with Crippen molar-refractivity contribution in [2.24, 2.45) is 5.92 Å². The summed E-state index contributed by atoms with van der Waals surface area (Å²) < 4.78 is 0. The van der Waals surface area contributed by atoms with Crippen LogP contribution in [0.2, 0.25) is 0 Å². The van der Waals surface area contributed by atoms with Gasteiger partial charge in [0.15, 0.2) is 0 Å². The average molecular weight is 412 g/mol. The summed E-state index contributed by atoms with van der Waals surface area (Å²) in [7, 11) is 2.24. The standard InChI is InChI=1S/C24H37N5O/c1-18-11-12-21-22(16-18)27-24(26-21)29-15-6-8-19(17-29)23(30)25-13-7-14-28(2)20-9-4-3-5-10-20/h11-12,16,19-20H,3-10,13-15,17H2,1-2H3,(H,25,30)(H,26,27)/t19-/m1/s1. The molecule has 1 aliphatic heterocycles. The minimum absolute atomic E-state index is 0.0461. The number of hydrogen-bond donors (Lipinski definition) is 2. The Hall–Kier alpha value is -2.08. The van der Waals surface area contributed by atoms with Crippen LogP contribution in [0.5, 0.6) is 0 Å². The molecule has 164 valence electrons. The van der Waals surface area contributed by atoms with Gasteiger partial charge in [-0.25, -0.2) is 4.98 Å². The molecule has 1 aromatic heterocycles. The summed E-state index contributed by atoms with van der Waals surface area (Å²) >= 11 is 0. The zero-order valence-electron chi connectivity index (χ0n) is 18.6. The van der Waals surface area contributed by atoms with Gasteiger partial charge >= 0.3 is 0 Å². The van der Waals surface area contributed by atoms with Crippen molar-refractivity contribution < 1.29 is 4.79 Å². The number of aromatic nitrogens is 2. The molecule has 0 spiro atoms. The van der Waals surface area contributed by atoms with E-state index in [1.54, 1.807) is 0 Å². The molecule has 1 saturated carbocycles. The Kier molecular flexibility index (Phi) is 6.93. The quantitative estimate of drug-likeness (QED) is 0.679. The van der Waals surface area contributed by atoms with Crippen LogP contribution in [-0.2, 0) is 4.79 Å². The number of nitrogens with zero attached hydrogens (tertiary/aromatic N) is 3. The Labute approximate surface area is 180 Å². The van der Waals surface area contributed by atoms with Crippen molar-refractivity contribution in [3.05, 3.63) is 23.8 Å². The zero-order chi connectivity index (χ0) is 20.9. The van der Waals surface area contributed by atoms with Gasteiger partial charge < -0.3 is 20.1 Å². The van der Waals surface area contributed by atoms with Crippen molar-refractivity contribution in [1.82, 2.24) is 20.2 Å². The van der Waals surface area contributed by atoms with Gasteiger partial charge in [0.1, 0.15) is 0 Å². The number of imidazole rings is 1. The number of H-pyrrole nitrogens is 1. The molecular formula is C24H37N5O. The van der Waals surface area contributed by atoms with Crippen molar-refractivity contribution in [3.8, 4) is 0 Å². The molecule has 1 amide bonds. The molecule has 30 heavy (non-hydrogen) atoms. The highest BCUT2D eigenvalue weighted by atomic mass is 16.1. The number of fused-ring (bicyclic) bond motifs is 1. The van der Waals surface area contributed by atoms with Crippen molar-refractivity contribution in [1.29, 1.82) is 0 Å². The van der Waals surface area contributed by atoms with Crippen LogP contribution < -0.4 is 10.2 Å². The summed E-state index contributed by atoms with van der Waals surface area (Å²) in [5.41, 5.74) is 3.28. The van der Waals surface area contributed by atoms with Gasteiger partial charge in [0.2, 0.25) is 11.9 Å². The molecule has 6 heteroatoms. The van der Waals surface area contributed by atoms with E-state index in [0.717, 1.165) is 68.5 Å². The molecule has 1 atom stereocenters. The number of aryl methyl sites for hydroxylation is 1. The normalized spacial score (nSPS) is 20.8. The SMILES string of the molecule is Cc1ccc2nc(N3CCC[C@@H](C(=O)NCCCN(C)C4CCCCC4)C3)[nH]c2c1. The maximum absolute atomic E-state index is 12.8. The Bertz CT molecular complexity index is 841. The van der Waals surface area contributed by atoms with Crippen LogP contribution in [0.1, 0.15) is 56.9 Å². The largest absolute Gasteiger partial charge is 0.356 e. The molecule has 1 aliphatic carbocycles. The Morgan fingerprint density at radius 3 is 2.90 bits per heavy atom. The number of carbonyl (C=O) groups excluding carboxylic acids is 1. The molecule has 0 bridgehead atoms. The predicted molar refractivity (Wildman–Crippen MR) is 123 cm³/mol. The second kappa shape index (κ2) is 9.82. The lowest BCUT2D eigenvalue weighted by molar-refractivity contribution is -0.125. The molecular weight excluding hydrogens is 374 g/mol. The summed E-state index contributed by atoms with van der Waals surface area (Å²) in [6, 6.07) is 7.02. The van der Waals surface area contributed by atoms with E-state index in [0.29, 0.717) is 0 Å². The molecule has 2 aliphatic rings. The Morgan fingerprint density at radius 1 is 1.23 bits per heavy atom. The zero-order valence-corrected chi connectivity index (χ0v) is 18.6. The number of amides is 1. The second-order valence-electron chi connectivity index (χ2n) is 9.28. The minimum Gasteiger partial charge on any atom is -0.356 e. The van der Waals surface area contributed by atoms with E-state index < -0.39 is 0 Å². The van der Waals surface area contributed by atoms with Gasteiger partial charge in [-0.2, -0.15) is 0 Å². The summed E-state index contributed by atoms with van der Waals surface area (Å²) in [6.07, 6.45) is 9.82. The lowest BCUT2D eigenvalue weighted by Gasteiger charge is -2.32. The van der Waals surface area contributed by atoms with Crippen LogP contribution >= 0.6 is 0 Å². The fourth-order valence-electron chi connectivity index (χ4n) is 5.03. The highest BCUT2D eigenvalue weighted by molar-refractivity contribution is 5.80. The Morgan fingerprint density at radius 2 is 2.07 bits per heavy atom. The van der Waals surface area contributed by atoms with Gasteiger partial charge in [0.25, 0.3) is 0 Å². The molecule has 6 nitrogen and oxygen atoms in total. The van der Waals surface area contributed by atoms with Crippen LogP contribution in [-0.4, -0.2) is 60.0 Å². The molecule has 2 N–H and O–H groups in total. The Balaban J connectivity index is 1.24. The highest BCUT2D eigenvalue weighted by Crippen LogP contribution is 2.24. The van der Waals surface area contributed by atoms with Crippen molar-refractivity contribution >= 4 is 22.9 Å². The molecule has 1 saturated heterocycles. The van der Waals surface area contributed by atoms with Gasteiger partial charge in [-0.05, 0) is 70.3 Å². The van der Waals surface area contributed by atoms with E-state index in [4.69, 9.17) is 4.98 Å². The third-order valence-corrected chi connectivity index (χ3v) is 6.90. The first-order valence-corrected chi connectivity index (χ1v) is 11.8. The maximum atomic E-state index is 12.8. The molecule has 4 rings (SSSR count). The van der Waals surface area contributed by atoms with Crippen LogP contribution in [0.25, 0.3) is 11.0 Å². The van der Waals surface area contributed by atoms with E-state index in [1.807, 2.05) is 0 Å². The maximum Gasteiger partial charge on any atom is 0.224 e. The molecule has 2 heterocycles. The molecule has 2 aromatic rings. The smallest absolute Gasteiger partial charge is 0.224 e. The number of hydrogen-bond acceptors (Lipinski definition) is 4. The monoisotopic (exact) mass is 411 g/mol. The van der Waals surface area contributed by atoms with Crippen LogP contribution in [0.3, 0.4) is 0 Å². The second-order valence-corrected chi connectivity index (χ2v) is 9.28. The molecule has 1 aromatic carbocycles. The van der Waals surface area contributed by atoms with Crippen LogP contribution in [0, 0.1) is 12.8 Å². The number of benzene rings is 1. The number of nitrogens with one attached hydrogen (secondary N) is 2. The number of anilines is 1. The van der Waals surface area contributed by atoms with Gasteiger partial charge in [-0.3, -0.25) is 4.79 Å². The first-order valence-electron chi connectivity index (χ1n) is 11.8. The third kappa shape index (κ3) is 5.15. The van der Waals surface area contributed by atoms with Gasteiger partial charge in [0.05, 0.1) is 17.0 Å². The molecule has 0 unspecified atom stereocenters. The fraction of sp³-hybridized carbons (Fsp3) is 0.667. The fourth-order valence-corrected chi connectivity index (χ4v) is 5.03. The van der Waals surface area contributed by atoms with E-state index >= 15 is 0 Å². The van der Waals surface area contributed by atoms with Gasteiger partial charge in [-0.15, -0.1) is 0 Å². The minimum atomic E-state index is 0.0461. The first-order chi connectivity index (χ1) is 14.6. The van der Waals surface area contributed by atoms with Crippen molar-refractivity contribution in [2.45, 2.75) is 64.3 Å². The van der Waals surface area contributed by atoms with E-state index in [2.05, 4.69) is 52.3 Å². The van der Waals surface area contributed by atoms with E-state index in [9.17, 15) is 4.79 Å². The lowest BCUT2D eigenvalue weighted by atomic mass is 9.94. The van der Waals surface area contributed by atoms with Crippen molar-refractivity contribution in [3.63, 3.8) is 0 Å². The number of rotatable bonds is 7. The lowest BCUT2D eigenvalue weighted by Crippen LogP contribution is -2.44. The predicted octanol–water partition coefficient (Wildman–Crippen LogP) is 3.86. The molecule has 2 fully saturated rings. The van der Waals surface area contributed by atoms with Crippen LogP contribution in [0.15, 0.2) is 18.2 Å². The third-order valence-electron chi connectivity index (χ3n) is 6.90. The van der Waals surface area contributed by atoms with E-state index in [-0.39, 0.29) is 11.8 Å². The summed E-state index contributed by atoms with van der Waals surface area (Å²) in [5.74, 6) is 1.14. The van der Waals surface area contributed by atoms with Crippen molar-refractivity contribution in [2.75, 3.05) is 38.1 Å². The topological polar surface area (TPSA) is 64.3 Å². The molecule has 0 radical (unpaired) electrons. The number of aromatic amines is 1. The van der Waals surface area contributed by atoms with E-state index in [1.165, 1.54) is 37.7 Å². The first kappa shape index (κ1) is 21.2. The summed E-state index contributed by atoms with van der Waals surface area (Å²) in [5, 5.41) is 3.19. The summed E-state index contributed by atoms with van der Waals surface area (Å²) in [4.78, 5) is 25.7. The average Bonchev–Trinajstić information content (AvgIpc) is 3.20. The highest BCUT2D eigenvalue weighted by Gasteiger charge is 2.27. The van der Waals surface area contributed by atoms with Gasteiger partial charge in [0, 0.05) is 25.7 Å². The summed E-state index contributed by atoms with van der Waals surface area (Å²) in [6.45, 7) is 5.63. The number of carbonyl (C=O) groups is 1. The van der Waals surface area contributed by atoms with Crippen LogP contribution in [0.4, 0.5) is 5.95 Å². The van der Waals surface area contributed by atoms with Gasteiger partial charge in [-0.1, -0.05) is 25.3 Å². The number of piperidine rings is 1.